The monoisotopic (exact) mass is 240 g/mol. The number of carbonyl (C=O) groups excluding carboxylic acids is 1. The number of hydrogen-bond acceptors (Lipinski definition) is 3. The number of piperidine rings is 1. The van der Waals surface area contributed by atoms with Crippen LogP contribution in [0.4, 0.5) is 0 Å². The van der Waals surface area contributed by atoms with Gasteiger partial charge >= 0.3 is 0 Å². The maximum atomic E-state index is 12.5. The molecule has 4 heteroatoms. The lowest BCUT2D eigenvalue weighted by Crippen LogP contribution is -2.50. The SMILES string of the molecule is COC[C@@H]1CCCN1C(=O)[C@H]1CCCN[C@@H]1C. The Hall–Kier alpha value is -0.610. The number of hydrogen-bond donors (Lipinski definition) is 1. The van der Waals surface area contributed by atoms with E-state index in [0.717, 1.165) is 38.8 Å². The Kier molecular flexibility index (Phi) is 4.40. The van der Waals surface area contributed by atoms with Crippen LogP contribution < -0.4 is 5.32 Å². The molecule has 0 aliphatic carbocycles. The summed E-state index contributed by atoms with van der Waals surface area (Å²) in [6, 6.07) is 0.627. The fourth-order valence-corrected chi connectivity index (χ4v) is 3.09. The van der Waals surface area contributed by atoms with E-state index in [1.165, 1.54) is 0 Å². The number of carbonyl (C=O) groups is 1. The van der Waals surface area contributed by atoms with E-state index in [1.807, 2.05) is 0 Å². The van der Waals surface area contributed by atoms with E-state index < -0.39 is 0 Å². The van der Waals surface area contributed by atoms with E-state index in [2.05, 4.69) is 17.1 Å². The predicted molar refractivity (Wildman–Crippen MR) is 66.8 cm³/mol. The highest BCUT2D eigenvalue weighted by Gasteiger charge is 2.36. The summed E-state index contributed by atoms with van der Waals surface area (Å²) in [6.45, 7) is 4.77. The summed E-state index contributed by atoms with van der Waals surface area (Å²) >= 11 is 0. The number of rotatable bonds is 3. The van der Waals surface area contributed by atoms with Gasteiger partial charge < -0.3 is 15.0 Å². The van der Waals surface area contributed by atoms with Gasteiger partial charge in [0.2, 0.25) is 5.91 Å². The lowest BCUT2D eigenvalue weighted by molar-refractivity contribution is -0.139. The first kappa shape index (κ1) is 12.8. The van der Waals surface area contributed by atoms with Crippen molar-refractivity contribution in [3.8, 4) is 0 Å². The van der Waals surface area contributed by atoms with Crippen LogP contribution >= 0.6 is 0 Å². The molecule has 2 aliphatic heterocycles. The highest BCUT2D eigenvalue weighted by Crippen LogP contribution is 2.25. The van der Waals surface area contributed by atoms with Crippen molar-refractivity contribution in [2.75, 3.05) is 26.8 Å². The van der Waals surface area contributed by atoms with Crippen LogP contribution in [0.1, 0.15) is 32.6 Å². The summed E-state index contributed by atoms with van der Waals surface area (Å²) in [5.41, 5.74) is 0. The van der Waals surface area contributed by atoms with Gasteiger partial charge in [-0.1, -0.05) is 0 Å². The van der Waals surface area contributed by atoms with Gasteiger partial charge in [-0.25, -0.2) is 0 Å². The zero-order chi connectivity index (χ0) is 12.3. The Morgan fingerprint density at radius 3 is 2.94 bits per heavy atom. The van der Waals surface area contributed by atoms with Gasteiger partial charge in [0.05, 0.1) is 18.6 Å². The molecule has 17 heavy (non-hydrogen) atoms. The molecule has 2 heterocycles. The summed E-state index contributed by atoms with van der Waals surface area (Å²) in [6.07, 6.45) is 4.36. The van der Waals surface area contributed by atoms with Crippen LogP contribution in [0.15, 0.2) is 0 Å². The lowest BCUT2D eigenvalue weighted by atomic mass is 9.90. The van der Waals surface area contributed by atoms with Crippen LogP contribution in [0.25, 0.3) is 0 Å². The Bertz CT molecular complexity index is 270. The second kappa shape index (κ2) is 5.83. The van der Waals surface area contributed by atoms with Crippen LogP contribution in [0.3, 0.4) is 0 Å². The molecule has 0 aromatic rings. The van der Waals surface area contributed by atoms with Gasteiger partial charge in [0.25, 0.3) is 0 Å². The zero-order valence-corrected chi connectivity index (χ0v) is 10.9. The summed E-state index contributed by atoms with van der Waals surface area (Å²) < 4.78 is 5.21. The van der Waals surface area contributed by atoms with E-state index in [0.29, 0.717) is 24.6 Å². The molecule has 2 fully saturated rings. The minimum Gasteiger partial charge on any atom is -0.383 e. The molecule has 3 atom stereocenters. The molecule has 0 unspecified atom stereocenters. The largest absolute Gasteiger partial charge is 0.383 e. The smallest absolute Gasteiger partial charge is 0.227 e. The molecule has 0 spiro atoms. The number of likely N-dealkylation sites (tertiary alicyclic amines) is 1. The molecule has 2 rings (SSSR count). The molecule has 0 saturated carbocycles. The first-order chi connectivity index (χ1) is 8.24. The van der Waals surface area contributed by atoms with Gasteiger partial charge in [-0.05, 0) is 39.2 Å². The Morgan fingerprint density at radius 2 is 2.24 bits per heavy atom. The van der Waals surface area contributed by atoms with Gasteiger partial charge in [-0.15, -0.1) is 0 Å². The van der Waals surface area contributed by atoms with Crippen molar-refractivity contribution in [1.82, 2.24) is 10.2 Å². The van der Waals surface area contributed by atoms with E-state index in [9.17, 15) is 4.79 Å². The summed E-state index contributed by atoms with van der Waals surface area (Å²) in [4.78, 5) is 14.6. The molecule has 1 amide bonds. The normalized spacial score (nSPS) is 34.0. The van der Waals surface area contributed by atoms with Gasteiger partial charge in [-0.3, -0.25) is 4.79 Å². The van der Waals surface area contributed by atoms with Crippen LogP contribution in [0.2, 0.25) is 0 Å². The third kappa shape index (κ3) is 2.80. The maximum absolute atomic E-state index is 12.5. The van der Waals surface area contributed by atoms with E-state index in [4.69, 9.17) is 4.74 Å². The molecule has 4 nitrogen and oxygen atoms in total. The number of amides is 1. The van der Waals surface area contributed by atoms with Gasteiger partial charge in [0.15, 0.2) is 0 Å². The third-order valence-corrected chi connectivity index (χ3v) is 4.10. The molecular weight excluding hydrogens is 216 g/mol. The molecule has 0 radical (unpaired) electrons. The highest BCUT2D eigenvalue weighted by atomic mass is 16.5. The van der Waals surface area contributed by atoms with E-state index >= 15 is 0 Å². The molecule has 0 bridgehead atoms. The van der Waals surface area contributed by atoms with Crippen molar-refractivity contribution in [3.63, 3.8) is 0 Å². The quantitative estimate of drug-likeness (QED) is 0.800. The van der Waals surface area contributed by atoms with Crippen LogP contribution in [-0.2, 0) is 9.53 Å². The molecule has 2 saturated heterocycles. The first-order valence-corrected chi connectivity index (χ1v) is 6.77. The fraction of sp³-hybridized carbons (Fsp3) is 0.923. The van der Waals surface area contributed by atoms with Crippen LogP contribution in [0.5, 0.6) is 0 Å². The van der Waals surface area contributed by atoms with Gasteiger partial charge in [0, 0.05) is 19.7 Å². The number of methoxy groups -OCH3 is 1. The Morgan fingerprint density at radius 1 is 1.41 bits per heavy atom. The Labute approximate surface area is 104 Å². The molecule has 0 aromatic heterocycles. The summed E-state index contributed by atoms with van der Waals surface area (Å²) in [7, 11) is 1.71. The predicted octanol–water partition coefficient (Wildman–Crippen LogP) is 1.01. The minimum absolute atomic E-state index is 0.168. The van der Waals surface area contributed by atoms with Gasteiger partial charge in [0.1, 0.15) is 0 Å². The average Bonchev–Trinajstić information content (AvgIpc) is 2.78. The minimum atomic E-state index is 0.168. The molecule has 98 valence electrons. The second-order valence-corrected chi connectivity index (χ2v) is 5.27. The number of nitrogens with zero attached hydrogens (tertiary/aromatic N) is 1. The lowest BCUT2D eigenvalue weighted by Gasteiger charge is -2.34. The highest BCUT2D eigenvalue weighted by molar-refractivity contribution is 5.80. The van der Waals surface area contributed by atoms with Crippen LogP contribution in [0, 0.1) is 5.92 Å². The Balaban J connectivity index is 1.97. The zero-order valence-electron chi connectivity index (χ0n) is 10.9. The van der Waals surface area contributed by atoms with E-state index in [1.54, 1.807) is 7.11 Å². The van der Waals surface area contributed by atoms with Crippen molar-refractivity contribution in [1.29, 1.82) is 0 Å². The van der Waals surface area contributed by atoms with Crippen LogP contribution in [-0.4, -0.2) is 49.7 Å². The van der Waals surface area contributed by atoms with Crippen molar-refractivity contribution in [2.24, 2.45) is 5.92 Å². The van der Waals surface area contributed by atoms with Crippen molar-refractivity contribution in [3.05, 3.63) is 0 Å². The van der Waals surface area contributed by atoms with Crippen molar-refractivity contribution >= 4 is 5.91 Å². The average molecular weight is 240 g/mol. The van der Waals surface area contributed by atoms with Gasteiger partial charge in [-0.2, -0.15) is 0 Å². The molecule has 1 N–H and O–H groups in total. The number of nitrogens with one attached hydrogen (secondary N) is 1. The standard InChI is InChI=1S/C13H24N2O2/c1-10-12(6-3-7-14-10)13(16)15-8-4-5-11(15)9-17-2/h10-12,14H,3-9H2,1-2H3/t10-,11+,12+/m1/s1. The molecule has 2 aliphatic rings. The maximum Gasteiger partial charge on any atom is 0.227 e. The first-order valence-electron chi connectivity index (χ1n) is 6.77. The fourth-order valence-electron chi connectivity index (χ4n) is 3.09. The summed E-state index contributed by atoms with van der Waals surface area (Å²) in [5.74, 6) is 0.505. The third-order valence-electron chi connectivity index (χ3n) is 4.10. The van der Waals surface area contributed by atoms with Crippen molar-refractivity contribution < 1.29 is 9.53 Å². The van der Waals surface area contributed by atoms with Crippen molar-refractivity contribution in [2.45, 2.75) is 44.7 Å². The summed E-state index contributed by atoms with van der Waals surface area (Å²) in [5, 5.41) is 3.40. The topological polar surface area (TPSA) is 41.6 Å². The van der Waals surface area contributed by atoms with E-state index in [-0.39, 0.29) is 5.92 Å². The second-order valence-electron chi connectivity index (χ2n) is 5.27. The molecular formula is C13H24N2O2. The number of ether oxygens (including phenoxy) is 1. The molecule has 0 aromatic carbocycles.